The molecule has 0 aliphatic rings. The molecule has 0 saturated carbocycles. The van der Waals surface area contributed by atoms with Crippen LogP contribution in [0.15, 0.2) is 34.9 Å². The quantitative estimate of drug-likeness (QED) is 0.808. The molecule has 1 unspecified atom stereocenters. The minimum Gasteiger partial charge on any atom is -0.469 e. The van der Waals surface area contributed by atoms with Crippen molar-refractivity contribution in [3.05, 3.63) is 57.5 Å². The average molecular weight is 312 g/mol. The van der Waals surface area contributed by atoms with Crippen molar-refractivity contribution < 1.29 is 4.42 Å². The van der Waals surface area contributed by atoms with E-state index in [0.717, 1.165) is 30.7 Å². The van der Waals surface area contributed by atoms with E-state index in [1.807, 2.05) is 18.2 Å². The van der Waals surface area contributed by atoms with Crippen LogP contribution in [0.4, 0.5) is 0 Å². The lowest BCUT2D eigenvalue weighted by molar-refractivity contribution is 0.487. The third-order valence-corrected chi connectivity index (χ3v) is 3.95. The molecule has 0 amide bonds. The molecular formula is C16H19Cl2NO. The Bertz CT molecular complexity index is 565. The summed E-state index contributed by atoms with van der Waals surface area (Å²) in [5.41, 5.74) is 2.30. The van der Waals surface area contributed by atoms with Crippen molar-refractivity contribution in [2.24, 2.45) is 0 Å². The van der Waals surface area contributed by atoms with Crippen molar-refractivity contribution in [2.75, 3.05) is 6.54 Å². The summed E-state index contributed by atoms with van der Waals surface area (Å²) in [5.74, 6) is 1.03. The van der Waals surface area contributed by atoms with Crippen LogP contribution in [0.3, 0.4) is 0 Å². The first-order chi connectivity index (χ1) is 9.65. The Balaban J connectivity index is 2.25. The van der Waals surface area contributed by atoms with Gasteiger partial charge in [-0.15, -0.1) is 0 Å². The second kappa shape index (κ2) is 7.16. The lowest BCUT2D eigenvalue weighted by Crippen LogP contribution is -2.23. The minimum absolute atomic E-state index is 0.201. The molecule has 1 heterocycles. The third kappa shape index (κ3) is 3.57. The van der Waals surface area contributed by atoms with Crippen molar-refractivity contribution in [3.8, 4) is 0 Å². The molecule has 108 valence electrons. The van der Waals surface area contributed by atoms with Crippen LogP contribution in [0.25, 0.3) is 0 Å². The van der Waals surface area contributed by atoms with Crippen molar-refractivity contribution >= 4 is 23.2 Å². The van der Waals surface area contributed by atoms with E-state index in [1.165, 1.54) is 5.56 Å². The average Bonchev–Trinajstić information content (AvgIpc) is 2.89. The van der Waals surface area contributed by atoms with Gasteiger partial charge in [0.2, 0.25) is 0 Å². The fourth-order valence-corrected chi connectivity index (χ4v) is 2.88. The largest absolute Gasteiger partial charge is 0.469 e. The highest BCUT2D eigenvalue weighted by Gasteiger charge is 2.18. The zero-order chi connectivity index (χ0) is 14.5. The monoisotopic (exact) mass is 311 g/mol. The summed E-state index contributed by atoms with van der Waals surface area (Å²) in [6, 6.07) is 7.89. The second-order valence-corrected chi connectivity index (χ2v) is 5.55. The normalized spacial score (nSPS) is 12.6. The van der Waals surface area contributed by atoms with Gasteiger partial charge in [-0.1, -0.05) is 43.1 Å². The van der Waals surface area contributed by atoms with Crippen molar-refractivity contribution in [3.63, 3.8) is 0 Å². The number of benzene rings is 1. The van der Waals surface area contributed by atoms with E-state index < -0.39 is 0 Å². The smallest absolute Gasteiger partial charge is 0.108 e. The van der Waals surface area contributed by atoms with Crippen LogP contribution in [0.5, 0.6) is 0 Å². The molecule has 2 nitrogen and oxygen atoms in total. The van der Waals surface area contributed by atoms with Gasteiger partial charge >= 0.3 is 0 Å². The summed E-state index contributed by atoms with van der Waals surface area (Å²) in [6.45, 7) is 5.09. The molecule has 0 radical (unpaired) electrons. The minimum atomic E-state index is 0.201. The summed E-state index contributed by atoms with van der Waals surface area (Å²) in [4.78, 5) is 0. The highest BCUT2D eigenvalue weighted by atomic mass is 35.5. The molecule has 2 aromatic rings. The summed E-state index contributed by atoms with van der Waals surface area (Å²) < 4.78 is 5.53. The van der Waals surface area contributed by atoms with E-state index >= 15 is 0 Å². The van der Waals surface area contributed by atoms with Crippen LogP contribution in [0.2, 0.25) is 10.0 Å². The van der Waals surface area contributed by atoms with E-state index in [1.54, 1.807) is 12.3 Å². The molecule has 0 saturated heterocycles. The Morgan fingerprint density at radius 3 is 2.65 bits per heavy atom. The van der Waals surface area contributed by atoms with Crippen LogP contribution in [-0.4, -0.2) is 6.54 Å². The van der Waals surface area contributed by atoms with Crippen LogP contribution in [-0.2, 0) is 12.8 Å². The van der Waals surface area contributed by atoms with E-state index in [2.05, 4.69) is 19.2 Å². The highest BCUT2D eigenvalue weighted by molar-refractivity contribution is 6.35. The molecule has 1 aromatic carbocycles. The number of nitrogens with one attached hydrogen (secondary N) is 1. The fourth-order valence-electron chi connectivity index (χ4n) is 2.39. The third-order valence-electron chi connectivity index (χ3n) is 3.37. The van der Waals surface area contributed by atoms with Gasteiger partial charge in [0.1, 0.15) is 5.76 Å². The number of furan rings is 1. The molecule has 0 spiro atoms. The van der Waals surface area contributed by atoms with Crippen LogP contribution in [0.1, 0.15) is 36.8 Å². The fraction of sp³-hybridized carbons (Fsp3) is 0.375. The van der Waals surface area contributed by atoms with Gasteiger partial charge in [0.05, 0.1) is 6.26 Å². The van der Waals surface area contributed by atoms with Gasteiger partial charge in [-0.05, 0) is 36.7 Å². The van der Waals surface area contributed by atoms with E-state index in [9.17, 15) is 0 Å². The Morgan fingerprint density at radius 1 is 1.20 bits per heavy atom. The lowest BCUT2D eigenvalue weighted by Gasteiger charge is -2.19. The Hall–Kier alpha value is -0.960. The molecule has 0 fully saturated rings. The Morgan fingerprint density at radius 2 is 2.00 bits per heavy atom. The first-order valence-corrected chi connectivity index (χ1v) is 7.64. The molecule has 0 bridgehead atoms. The summed E-state index contributed by atoms with van der Waals surface area (Å²) in [5, 5.41) is 4.87. The maximum absolute atomic E-state index is 6.27. The van der Waals surface area contributed by atoms with E-state index in [4.69, 9.17) is 27.6 Å². The van der Waals surface area contributed by atoms with Gasteiger partial charge in [-0.25, -0.2) is 0 Å². The topological polar surface area (TPSA) is 25.2 Å². The molecular weight excluding hydrogens is 293 g/mol. The zero-order valence-electron chi connectivity index (χ0n) is 11.7. The van der Waals surface area contributed by atoms with E-state index in [-0.39, 0.29) is 6.04 Å². The van der Waals surface area contributed by atoms with Gasteiger partial charge in [0.25, 0.3) is 0 Å². The first kappa shape index (κ1) is 15.4. The number of likely N-dealkylation sites (N-methyl/N-ethyl adjacent to an activating group) is 1. The maximum atomic E-state index is 6.27. The number of aryl methyl sites for hydroxylation is 1. The van der Waals surface area contributed by atoms with Gasteiger partial charge in [0.15, 0.2) is 0 Å². The SMILES string of the molecule is CCNC(Cc1ccc(Cl)cc1Cl)c1ccoc1CC. The summed E-state index contributed by atoms with van der Waals surface area (Å²) in [6.07, 6.45) is 3.46. The summed E-state index contributed by atoms with van der Waals surface area (Å²) >= 11 is 12.2. The molecule has 1 N–H and O–H groups in total. The number of rotatable bonds is 6. The molecule has 0 aliphatic heterocycles. The van der Waals surface area contributed by atoms with Gasteiger partial charge in [-0.3, -0.25) is 0 Å². The van der Waals surface area contributed by atoms with Gasteiger partial charge in [-0.2, -0.15) is 0 Å². The number of halogens is 2. The summed E-state index contributed by atoms with van der Waals surface area (Å²) in [7, 11) is 0. The standard InChI is InChI=1S/C16H19Cl2NO/c1-3-16-13(7-8-20-16)15(19-4-2)9-11-5-6-12(17)10-14(11)18/h5-8,10,15,19H,3-4,9H2,1-2H3. The molecule has 1 aromatic heterocycles. The van der Waals surface area contributed by atoms with Gasteiger partial charge < -0.3 is 9.73 Å². The molecule has 1 atom stereocenters. The van der Waals surface area contributed by atoms with Gasteiger partial charge in [0, 0.05) is 28.1 Å². The van der Waals surface area contributed by atoms with Crippen LogP contribution >= 0.6 is 23.2 Å². The molecule has 4 heteroatoms. The van der Waals surface area contributed by atoms with Crippen LogP contribution in [0, 0.1) is 0 Å². The maximum Gasteiger partial charge on any atom is 0.108 e. The predicted molar refractivity (Wildman–Crippen MR) is 84.7 cm³/mol. The Kier molecular flexibility index (Phi) is 5.53. The lowest BCUT2D eigenvalue weighted by atomic mass is 9.98. The highest BCUT2D eigenvalue weighted by Crippen LogP contribution is 2.28. The van der Waals surface area contributed by atoms with E-state index in [0.29, 0.717) is 10.0 Å². The first-order valence-electron chi connectivity index (χ1n) is 6.89. The predicted octanol–water partition coefficient (Wildman–Crippen LogP) is 5.04. The van der Waals surface area contributed by atoms with Crippen LogP contribution < -0.4 is 5.32 Å². The second-order valence-electron chi connectivity index (χ2n) is 4.70. The molecule has 2 rings (SSSR count). The number of hydrogen-bond donors (Lipinski definition) is 1. The molecule has 20 heavy (non-hydrogen) atoms. The zero-order valence-corrected chi connectivity index (χ0v) is 13.3. The van der Waals surface area contributed by atoms with Crippen molar-refractivity contribution in [2.45, 2.75) is 32.7 Å². The van der Waals surface area contributed by atoms with Crippen molar-refractivity contribution in [1.29, 1.82) is 0 Å². The van der Waals surface area contributed by atoms with Crippen molar-refractivity contribution in [1.82, 2.24) is 5.32 Å². The molecule has 0 aliphatic carbocycles. The number of hydrogen-bond acceptors (Lipinski definition) is 2. The Labute approximate surface area is 130 Å².